The Kier molecular flexibility index (Phi) is 8.26. The number of hydrogen-bond donors (Lipinski definition) is 0. The molecular weight excluding hydrogens is 677 g/mol. The number of nitrogens with zero attached hydrogens (tertiary/aromatic N) is 2. The average molecular weight is 719 g/mol. The molecule has 0 N–H and O–H groups in total. The summed E-state index contributed by atoms with van der Waals surface area (Å²) in [6, 6.07) is 70.4. The first kappa shape index (κ1) is 33.7. The highest BCUT2D eigenvalue weighted by Crippen LogP contribution is 2.51. The Hall–Kier alpha value is -6.90. The summed E-state index contributed by atoms with van der Waals surface area (Å²) >= 11 is 0. The van der Waals surface area contributed by atoms with Crippen LogP contribution >= 0.6 is 0 Å². The van der Waals surface area contributed by atoms with E-state index in [1.54, 1.807) is 0 Å². The maximum absolute atomic E-state index is 2.40. The van der Waals surface area contributed by atoms with E-state index in [1.807, 2.05) is 0 Å². The zero-order chi connectivity index (χ0) is 37.6. The van der Waals surface area contributed by atoms with Crippen molar-refractivity contribution in [2.24, 2.45) is 0 Å². The summed E-state index contributed by atoms with van der Waals surface area (Å²) in [5.41, 5.74) is 20.1. The smallest absolute Gasteiger partial charge is 0.0465 e. The van der Waals surface area contributed by atoms with Crippen LogP contribution in [0.1, 0.15) is 47.2 Å². The Labute approximate surface area is 330 Å². The van der Waals surface area contributed by atoms with Gasteiger partial charge < -0.3 is 9.80 Å². The van der Waals surface area contributed by atoms with E-state index in [0.29, 0.717) is 0 Å². The normalized spacial score (nSPS) is 13.2. The lowest BCUT2D eigenvalue weighted by atomic mass is 9.81. The zero-order valence-corrected chi connectivity index (χ0v) is 31.7. The van der Waals surface area contributed by atoms with Crippen LogP contribution in [-0.2, 0) is 11.8 Å². The van der Waals surface area contributed by atoms with Gasteiger partial charge in [-0.05, 0) is 135 Å². The highest BCUT2D eigenvalue weighted by Gasteiger charge is 2.36. The Balaban J connectivity index is 0.914. The molecular formula is C54H42N2. The fraction of sp³-hybridized carbons (Fsp3) is 0.0741. The predicted octanol–water partition coefficient (Wildman–Crippen LogP) is 14.7. The van der Waals surface area contributed by atoms with Gasteiger partial charge in [-0.3, -0.25) is 0 Å². The van der Waals surface area contributed by atoms with Crippen molar-refractivity contribution in [1.82, 2.24) is 0 Å². The third-order valence-corrected chi connectivity index (χ3v) is 11.6. The molecule has 2 aliphatic carbocycles. The van der Waals surface area contributed by atoms with Gasteiger partial charge in [0.25, 0.3) is 0 Å². The van der Waals surface area contributed by atoms with E-state index >= 15 is 0 Å². The molecule has 8 aromatic rings. The highest BCUT2D eigenvalue weighted by molar-refractivity contribution is 5.88. The van der Waals surface area contributed by atoms with Gasteiger partial charge in [0.15, 0.2) is 0 Å². The van der Waals surface area contributed by atoms with E-state index in [1.165, 1.54) is 67.0 Å². The van der Waals surface area contributed by atoms with Crippen molar-refractivity contribution in [1.29, 1.82) is 0 Å². The molecule has 2 heteroatoms. The minimum atomic E-state index is -0.141. The van der Waals surface area contributed by atoms with E-state index in [4.69, 9.17) is 0 Å². The molecule has 268 valence electrons. The molecule has 8 aromatic carbocycles. The van der Waals surface area contributed by atoms with Gasteiger partial charge in [-0.2, -0.15) is 0 Å². The van der Waals surface area contributed by atoms with Crippen molar-refractivity contribution < 1.29 is 0 Å². The third kappa shape index (κ3) is 5.91. The fourth-order valence-electron chi connectivity index (χ4n) is 8.84. The molecule has 0 atom stereocenters. The number of para-hydroxylation sites is 4. The summed E-state index contributed by atoms with van der Waals surface area (Å²) in [5.74, 6) is 0. The molecule has 0 aliphatic heterocycles. The van der Waals surface area contributed by atoms with Crippen LogP contribution in [0.4, 0.5) is 34.1 Å². The molecule has 0 spiro atoms. The van der Waals surface area contributed by atoms with Crippen LogP contribution in [0.15, 0.2) is 194 Å². The molecule has 0 saturated heterocycles. The molecule has 0 amide bonds. The third-order valence-electron chi connectivity index (χ3n) is 11.6. The van der Waals surface area contributed by atoms with Gasteiger partial charge >= 0.3 is 0 Å². The van der Waals surface area contributed by atoms with Gasteiger partial charge in [-0.25, -0.2) is 0 Å². The molecule has 2 nitrogen and oxygen atoms in total. The summed E-state index contributed by atoms with van der Waals surface area (Å²) in [6.07, 6.45) is 5.47. The Morgan fingerprint density at radius 2 is 0.732 bits per heavy atom. The molecule has 0 saturated carbocycles. The molecule has 2 aliphatic rings. The second kappa shape index (κ2) is 13.7. The summed E-state index contributed by atoms with van der Waals surface area (Å²) in [5, 5.41) is 0. The van der Waals surface area contributed by atoms with E-state index < -0.39 is 0 Å². The second-order valence-electron chi connectivity index (χ2n) is 15.4. The standard InChI is InChI=1S/C54H42N2/c1-54(2)52-34-39(26-30-50(52)51-32-28-47(37-53(51)54)56(44-19-11-5-12-20-44)45-21-13-6-14-22-45)24-23-38-25-29-48-40(33-38)35-41-36-46(27-31-49(41)48)55(42-15-7-3-8-16-42)43-17-9-4-10-18-43/h3-34,36-37H,35H2,1-2H3/b24-23+. The first-order valence-electron chi connectivity index (χ1n) is 19.6. The number of hydrogen-bond acceptors (Lipinski definition) is 2. The maximum atomic E-state index is 2.40. The number of benzene rings is 8. The van der Waals surface area contributed by atoms with Crippen LogP contribution in [-0.4, -0.2) is 0 Å². The molecule has 0 bridgehead atoms. The van der Waals surface area contributed by atoms with Crippen LogP contribution in [0.25, 0.3) is 34.4 Å². The van der Waals surface area contributed by atoms with Crippen LogP contribution in [0.3, 0.4) is 0 Å². The fourth-order valence-corrected chi connectivity index (χ4v) is 8.84. The van der Waals surface area contributed by atoms with Gasteiger partial charge in [-0.15, -0.1) is 0 Å². The Morgan fingerprint density at radius 1 is 0.357 bits per heavy atom. The largest absolute Gasteiger partial charge is 0.310 e. The zero-order valence-electron chi connectivity index (χ0n) is 31.7. The predicted molar refractivity (Wildman–Crippen MR) is 237 cm³/mol. The van der Waals surface area contributed by atoms with E-state index in [9.17, 15) is 0 Å². The molecule has 0 aromatic heterocycles. The molecule has 0 heterocycles. The monoisotopic (exact) mass is 718 g/mol. The lowest BCUT2D eigenvalue weighted by Crippen LogP contribution is -2.16. The number of fused-ring (bicyclic) bond motifs is 6. The van der Waals surface area contributed by atoms with Crippen molar-refractivity contribution in [2.45, 2.75) is 25.7 Å². The van der Waals surface area contributed by atoms with E-state index in [-0.39, 0.29) is 5.41 Å². The van der Waals surface area contributed by atoms with Crippen LogP contribution in [0, 0.1) is 0 Å². The summed E-state index contributed by atoms with van der Waals surface area (Å²) < 4.78 is 0. The minimum absolute atomic E-state index is 0.141. The first-order valence-corrected chi connectivity index (χ1v) is 19.6. The van der Waals surface area contributed by atoms with Crippen LogP contribution in [0.5, 0.6) is 0 Å². The van der Waals surface area contributed by atoms with E-state index in [2.05, 4.69) is 230 Å². The second-order valence-corrected chi connectivity index (χ2v) is 15.4. The highest BCUT2D eigenvalue weighted by atomic mass is 15.1. The Bertz CT molecular complexity index is 2650. The SMILES string of the molecule is CC1(C)c2cc(/C=C/c3ccc4c(c3)Cc3cc(N(c5ccccc5)c5ccccc5)ccc3-4)ccc2-c2ccc(N(c3ccccc3)c3ccccc3)cc21. The lowest BCUT2D eigenvalue weighted by molar-refractivity contribution is 0.660. The van der Waals surface area contributed by atoms with Crippen molar-refractivity contribution in [3.05, 3.63) is 228 Å². The quantitative estimate of drug-likeness (QED) is 0.144. The van der Waals surface area contributed by atoms with Crippen molar-refractivity contribution in [2.75, 3.05) is 9.80 Å². The van der Waals surface area contributed by atoms with E-state index in [0.717, 1.165) is 29.2 Å². The topological polar surface area (TPSA) is 6.48 Å². The first-order chi connectivity index (χ1) is 27.5. The molecule has 0 radical (unpaired) electrons. The average Bonchev–Trinajstić information content (AvgIpc) is 3.72. The molecule has 0 fully saturated rings. The van der Waals surface area contributed by atoms with Crippen LogP contribution in [0.2, 0.25) is 0 Å². The summed E-state index contributed by atoms with van der Waals surface area (Å²) in [6.45, 7) is 4.74. The summed E-state index contributed by atoms with van der Waals surface area (Å²) in [7, 11) is 0. The van der Waals surface area contributed by atoms with Gasteiger partial charge in [-0.1, -0.05) is 147 Å². The lowest BCUT2D eigenvalue weighted by Gasteiger charge is -2.28. The van der Waals surface area contributed by atoms with Gasteiger partial charge in [0.2, 0.25) is 0 Å². The Morgan fingerprint density at radius 3 is 1.23 bits per heavy atom. The number of anilines is 6. The van der Waals surface area contributed by atoms with Crippen molar-refractivity contribution in [3.63, 3.8) is 0 Å². The number of rotatable bonds is 8. The molecule has 56 heavy (non-hydrogen) atoms. The molecule has 10 rings (SSSR count). The summed E-state index contributed by atoms with van der Waals surface area (Å²) in [4.78, 5) is 4.70. The minimum Gasteiger partial charge on any atom is -0.310 e. The van der Waals surface area contributed by atoms with Crippen LogP contribution < -0.4 is 9.80 Å². The molecule has 0 unspecified atom stereocenters. The van der Waals surface area contributed by atoms with Gasteiger partial charge in [0, 0.05) is 39.5 Å². The van der Waals surface area contributed by atoms with Gasteiger partial charge in [0.05, 0.1) is 0 Å². The van der Waals surface area contributed by atoms with Crippen molar-refractivity contribution >= 4 is 46.3 Å². The van der Waals surface area contributed by atoms with Crippen molar-refractivity contribution in [3.8, 4) is 22.3 Å². The van der Waals surface area contributed by atoms with Gasteiger partial charge in [0.1, 0.15) is 0 Å². The maximum Gasteiger partial charge on any atom is 0.0465 e.